The van der Waals surface area contributed by atoms with Crippen LogP contribution in [-0.4, -0.2) is 26.6 Å². The second-order valence-electron chi connectivity index (χ2n) is 4.69. The molecule has 1 atom stereocenters. The molecule has 1 aromatic heterocycles. The van der Waals surface area contributed by atoms with Crippen molar-refractivity contribution in [2.75, 3.05) is 11.9 Å². The third kappa shape index (κ3) is 2.55. The Bertz CT molecular complexity index is 415. The van der Waals surface area contributed by atoms with E-state index in [9.17, 15) is 10.1 Å². The number of hydrogen-bond donors (Lipinski definition) is 2. The maximum atomic E-state index is 10.8. The summed E-state index contributed by atoms with van der Waals surface area (Å²) in [4.78, 5) is 14.1. The minimum atomic E-state index is -0.500. The number of anilines is 1. The molecule has 96 valence electrons. The molecule has 0 aromatic carbocycles. The molecule has 0 bridgehead atoms. The third-order valence-corrected chi connectivity index (χ3v) is 3.19. The predicted octanol–water partition coefficient (Wildman–Crippen LogP) is 1.11. The number of hydrogen-bond acceptors (Lipinski definition) is 5. The van der Waals surface area contributed by atoms with Crippen LogP contribution >= 0.6 is 0 Å². The molecule has 1 rings (SSSR count). The van der Waals surface area contributed by atoms with E-state index in [0.29, 0.717) is 12.4 Å². The van der Waals surface area contributed by atoms with Crippen LogP contribution in [0.25, 0.3) is 0 Å². The Morgan fingerprint density at radius 2 is 2.29 bits per heavy atom. The Kier molecular flexibility index (Phi) is 3.72. The summed E-state index contributed by atoms with van der Waals surface area (Å²) in [6, 6.07) is 0. The lowest BCUT2D eigenvalue weighted by Gasteiger charge is -2.34. The fraction of sp³-hybridized carbons (Fsp3) is 0.700. The summed E-state index contributed by atoms with van der Waals surface area (Å²) in [6.45, 7) is 6.35. The van der Waals surface area contributed by atoms with Crippen LogP contribution in [0.4, 0.5) is 11.6 Å². The van der Waals surface area contributed by atoms with Crippen LogP contribution in [0.3, 0.4) is 0 Å². The van der Waals surface area contributed by atoms with Crippen molar-refractivity contribution >= 4 is 11.6 Å². The van der Waals surface area contributed by atoms with Gasteiger partial charge in [0.05, 0.1) is 5.54 Å². The summed E-state index contributed by atoms with van der Waals surface area (Å²) in [5.41, 5.74) is 5.33. The number of nitro groups is 1. The molecule has 1 heterocycles. The lowest BCUT2D eigenvalue weighted by atomic mass is 9.88. The van der Waals surface area contributed by atoms with Gasteiger partial charge in [0.15, 0.2) is 0 Å². The van der Waals surface area contributed by atoms with Gasteiger partial charge in [-0.15, -0.1) is 0 Å². The van der Waals surface area contributed by atoms with Gasteiger partial charge >= 0.3 is 5.82 Å². The van der Waals surface area contributed by atoms with Gasteiger partial charge in [0.25, 0.3) is 0 Å². The van der Waals surface area contributed by atoms with Gasteiger partial charge in [-0.2, -0.15) is 0 Å². The molecule has 7 heteroatoms. The van der Waals surface area contributed by atoms with Crippen LogP contribution < -0.4 is 11.1 Å². The Morgan fingerprint density at radius 3 is 2.71 bits per heavy atom. The Morgan fingerprint density at radius 1 is 1.71 bits per heavy atom. The normalized spacial score (nSPS) is 14.7. The lowest BCUT2D eigenvalue weighted by Crippen LogP contribution is -2.47. The summed E-state index contributed by atoms with van der Waals surface area (Å²) in [7, 11) is 1.71. The highest BCUT2D eigenvalue weighted by molar-refractivity contribution is 5.53. The zero-order valence-corrected chi connectivity index (χ0v) is 10.6. The monoisotopic (exact) mass is 241 g/mol. The van der Waals surface area contributed by atoms with Crippen molar-refractivity contribution in [3.8, 4) is 0 Å². The summed E-state index contributed by atoms with van der Waals surface area (Å²) in [6.07, 6.45) is 1.41. The fourth-order valence-corrected chi connectivity index (χ4v) is 1.40. The molecule has 0 saturated carbocycles. The SMILES string of the molecule is CC(C)C(C)(CN)Nc1c([N+](=O)[O-])ncn1C. The first kappa shape index (κ1) is 13.4. The van der Waals surface area contributed by atoms with Gasteiger partial charge in [-0.05, 0) is 22.7 Å². The zero-order valence-electron chi connectivity index (χ0n) is 10.6. The minimum Gasteiger partial charge on any atom is -0.358 e. The molecular weight excluding hydrogens is 222 g/mol. The molecule has 17 heavy (non-hydrogen) atoms. The van der Waals surface area contributed by atoms with Gasteiger partial charge in [-0.25, -0.2) is 0 Å². The minimum absolute atomic E-state index is 0.173. The molecule has 3 N–H and O–H groups in total. The first-order valence-electron chi connectivity index (χ1n) is 5.45. The van der Waals surface area contributed by atoms with Gasteiger partial charge in [0, 0.05) is 13.6 Å². The van der Waals surface area contributed by atoms with Crippen molar-refractivity contribution in [3.63, 3.8) is 0 Å². The lowest BCUT2D eigenvalue weighted by molar-refractivity contribution is -0.388. The number of nitrogens with two attached hydrogens (primary N) is 1. The molecule has 1 unspecified atom stereocenters. The summed E-state index contributed by atoms with van der Waals surface area (Å²) >= 11 is 0. The van der Waals surface area contributed by atoms with E-state index < -0.39 is 10.5 Å². The van der Waals surface area contributed by atoms with Crippen molar-refractivity contribution in [2.45, 2.75) is 26.3 Å². The number of nitrogens with zero attached hydrogens (tertiary/aromatic N) is 3. The van der Waals surface area contributed by atoms with Crippen molar-refractivity contribution in [2.24, 2.45) is 18.7 Å². The summed E-state index contributed by atoms with van der Waals surface area (Å²) in [5.74, 6) is 0.450. The van der Waals surface area contributed by atoms with Gasteiger partial charge in [0.2, 0.25) is 12.1 Å². The molecule has 0 aliphatic heterocycles. The van der Waals surface area contributed by atoms with Crippen molar-refractivity contribution in [1.82, 2.24) is 9.55 Å². The molecular formula is C10H19N5O2. The topological polar surface area (TPSA) is 99.0 Å². The smallest absolute Gasteiger partial charge is 0.358 e. The molecule has 1 aromatic rings. The maximum Gasteiger partial charge on any atom is 0.406 e. The quantitative estimate of drug-likeness (QED) is 0.594. The Balaban J connectivity index is 3.09. The fourth-order valence-electron chi connectivity index (χ4n) is 1.40. The molecule has 0 spiro atoms. The van der Waals surface area contributed by atoms with E-state index in [4.69, 9.17) is 5.73 Å². The highest BCUT2D eigenvalue weighted by Gasteiger charge is 2.31. The molecule has 0 radical (unpaired) electrons. The Labute approximate surface area is 100 Å². The number of aryl methyl sites for hydroxylation is 1. The van der Waals surface area contributed by atoms with Crippen LogP contribution in [0.5, 0.6) is 0 Å². The van der Waals surface area contributed by atoms with Crippen molar-refractivity contribution < 1.29 is 4.92 Å². The van der Waals surface area contributed by atoms with Crippen molar-refractivity contribution in [3.05, 3.63) is 16.4 Å². The summed E-state index contributed by atoms with van der Waals surface area (Å²) < 4.78 is 1.59. The molecule has 0 saturated heterocycles. The maximum absolute atomic E-state index is 10.8. The van der Waals surface area contributed by atoms with Crippen LogP contribution in [-0.2, 0) is 7.05 Å². The third-order valence-electron chi connectivity index (χ3n) is 3.19. The van der Waals surface area contributed by atoms with E-state index in [1.807, 2.05) is 20.8 Å². The van der Waals surface area contributed by atoms with E-state index in [1.54, 1.807) is 11.6 Å². The van der Waals surface area contributed by atoms with E-state index in [0.717, 1.165) is 0 Å². The predicted molar refractivity (Wildman–Crippen MR) is 65.8 cm³/mol. The zero-order chi connectivity index (χ0) is 13.2. The van der Waals surface area contributed by atoms with E-state index in [-0.39, 0.29) is 11.7 Å². The van der Waals surface area contributed by atoms with Crippen LogP contribution in [0.2, 0.25) is 0 Å². The van der Waals surface area contributed by atoms with Gasteiger partial charge < -0.3 is 21.2 Å². The molecule has 0 amide bonds. The average Bonchev–Trinajstić information content (AvgIpc) is 2.60. The standard InChI is InChI=1S/C10H19N5O2/c1-7(2)10(3,5-11)13-9-8(15(16)17)12-6-14(9)4/h6-7,13H,5,11H2,1-4H3. The van der Waals surface area contributed by atoms with Gasteiger partial charge in [-0.1, -0.05) is 13.8 Å². The van der Waals surface area contributed by atoms with E-state index >= 15 is 0 Å². The van der Waals surface area contributed by atoms with Crippen LogP contribution in [0.15, 0.2) is 6.33 Å². The molecule has 0 fully saturated rings. The number of aromatic nitrogens is 2. The Hall–Kier alpha value is -1.63. The van der Waals surface area contributed by atoms with Gasteiger partial charge in [0.1, 0.15) is 0 Å². The molecule has 0 aliphatic carbocycles. The van der Waals surface area contributed by atoms with E-state index in [1.165, 1.54) is 6.33 Å². The second-order valence-corrected chi connectivity index (χ2v) is 4.69. The second kappa shape index (κ2) is 4.70. The molecule has 7 nitrogen and oxygen atoms in total. The first-order chi connectivity index (χ1) is 7.81. The first-order valence-corrected chi connectivity index (χ1v) is 5.45. The molecule has 0 aliphatic rings. The van der Waals surface area contributed by atoms with Gasteiger partial charge in [-0.3, -0.25) is 4.57 Å². The van der Waals surface area contributed by atoms with Crippen LogP contribution in [0, 0.1) is 16.0 Å². The number of rotatable bonds is 5. The van der Waals surface area contributed by atoms with Crippen molar-refractivity contribution in [1.29, 1.82) is 0 Å². The highest BCUT2D eigenvalue weighted by atomic mass is 16.6. The largest absolute Gasteiger partial charge is 0.406 e. The number of nitrogens with one attached hydrogen (secondary N) is 1. The highest BCUT2D eigenvalue weighted by Crippen LogP contribution is 2.27. The van der Waals surface area contributed by atoms with Crippen LogP contribution in [0.1, 0.15) is 20.8 Å². The average molecular weight is 241 g/mol. The summed E-state index contributed by atoms with van der Waals surface area (Å²) in [5, 5.41) is 14.0. The van der Waals surface area contributed by atoms with E-state index in [2.05, 4.69) is 10.3 Å². The number of imidazole rings is 1.